The average Bonchev–Trinajstić information content (AvgIpc) is 3.06. The van der Waals surface area contributed by atoms with Crippen LogP contribution in [0.1, 0.15) is 32.8 Å². The fraction of sp³-hybridized carbons (Fsp3) is 0.619. The van der Waals surface area contributed by atoms with Gasteiger partial charge < -0.3 is 25.4 Å². The van der Waals surface area contributed by atoms with Crippen LogP contribution in [0.4, 0.5) is 0 Å². The van der Waals surface area contributed by atoms with Gasteiger partial charge in [-0.2, -0.15) is 0 Å². The number of rotatable bonds is 9. The Labute approximate surface area is 167 Å². The first-order valence-electron chi connectivity index (χ1n) is 9.74. The molecule has 0 saturated carbocycles. The van der Waals surface area contributed by atoms with Gasteiger partial charge >= 0.3 is 0 Å². The second kappa shape index (κ2) is 9.28. The van der Waals surface area contributed by atoms with E-state index in [9.17, 15) is 9.59 Å². The summed E-state index contributed by atoms with van der Waals surface area (Å²) >= 11 is 0. The van der Waals surface area contributed by atoms with Crippen molar-refractivity contribution in [3.05, 3.63) is 23.8 Å². The fourth-order valence-electron chi connectivity index (χ4n) is 3.28. The third kappa shape index (κ3) is 4.95. The third-order valence-corrected chi connectivity index (χ3v) is 5.81. The van der Waals surface area contributed by atoms with Crippen molar-refractivity contribution in [3.8, 4) is 11.5 Å². The van der Waals surface area contributed by atoms with Crippen LogP contribution in [-0.2, 0) is 16.0 Å². The standard InChI is InChI=1S/C21H33N3O4/c1-14(2)21(3,13-22)23-20(26)16-11-19(25)24(12-16)9-8-15-6-7-17(27-4)18(10-15)28-5/h6-7,10,14,16H,8-9,11-13,22H2,1-5H3,(H,23,26). The third-order valence-electron chi connectivity index (χ3n) is 5.81. The minimum absolute atomic E-state index is 0.0135. The molecule has 1 heterocycles. The largest absolute Gasteiger partial charge is 0.493 e. The van der Waals surface area contributed by atoms with Crippen LogP contribution in [0.15, 0.2) is 18.2 Å². The van der Waals surface area contributed by atoms with Gasteiger partial charge in [-0.15, -0.1) is 0 Å². The molecule has 3 N–H and O–H groups in total. The number of nitrogens with one attached hydrogen (secondary N) is 1. The van der Waals surface area contributed by atoms with Crippen LogP contribution < -0.4 is 20.5 Å². The fourth-order valence-corrected chi connectivity index (χ4v) is 3.28. The van der Waals surface area contributed by atoms with E-state index in [1.807, 2.05) is 39.0 Å². The van der Waals surface area contributed by atoms with Gasteiger partial charge in [0.25, 0.3) is 0 Å². The summed E-state index contributed by atoms with van der Waals surface area (Å²) < 4.78 is 10.6. The molecule has 7 heteroatoms. The number of hydrogen-bond acceptors (Lipinski definition) is 5. The number of methoxy groups -OCH3 is 2. The second-order valence-corrected chi connectivity index (χ2v) is 7.95. The van der Waals surface area contributed by atoms with E-state index in [2.05, 4.69) is 5.32 Å². The van der Waals surface area contributed by atoms with Crippen molar-refractivity contribution in [1.82, 2.24) is 10.2 Å². The Morgan fingerprint density at radius 3 is 2.57 bits per heavy atom. The van der Waals surface area contributed by atoms with Gasteiger partial charge in [-0.25, -0.2) is 0 Å². The van der Waals surface area contributed by atoms with Crippen molar-refractivity contribution in [2.45, 2.75) is 39.2 Å². The quantitative estimate of drug-likeness (QED) is 0.667. The lowest BCUT2D eigenvalue weighted by atomic mass is 9.87. The molecule has 2 amide bonds. The number of carbonyl (C=O) groups is 2. The summed E-state index contributed by atoms with van der Waals surface area (Å²) in [5.74, 6) is 1.14. The number of carbonyl (C=O) groups excluding carboxylic acids is 2. The molecule has 7 nitrogen and oxygen atoms in total. The van der Waals surface area contributed by atoms with E-state index in [4.69, 9.17) is 15.2 Å². The van der Waals surface area contributed by atoms with Crippen LogP contribution in [0.2, 0.25) is 0 Å². The summed E-state index contributed by atoms with van der Waals surface area (Å²) in [5.41, 5.74) is 6.44. The molecule has 1 aromatic carbocycles. The first kappa shape index (κ1) is 22.0. The van der Waals surface area contributed by atoms with Gasteiger partial charge in [0.1, 0.15) is 0 Å². The molecule has 156 valence electrons. The number of amides is 2. The summed E-state index contributed by atoms with van der Waals surface area (Å²) in [7, 11) is 3.20. The zero-order valence-corrected chi connectivity index (χ0v) is 17.6. The molecule has 0 radical (unpaired) electrons. The molecule has 1 aliphatic rings. The summed E-state index contributed by atoms with van der Waals surface area (Å²) in [4.78, 5) is 26.8. The Bertz CT molecular complexity index is 707. The zero-order valence-electron chi connectivity index (χ0n) is 17.6. The minimum Gasteiger partial charge on any atom is -0.493 e. The summed E-state index contributed by atoms with van der Waals surface area (Å²) in [6.07, 6.45) is 0.934. The SMILES string of the molecule is COc1ccc(CCN2CC(C(=O)NC(C)(CN)C(C)C)CC2=O)cc1OC. The Hall–Kier alpha value is -2.28. The van der Waals surface area contributed by atoms with Gasteiger partial charge in [-0.1, -0.05) is 19.9 Å². The van der Waals surface area contributed by atoms with E-state index >= 15 is 0 Å². The van der Waals surface area contributed by atoms with E-state index in [-0.39, 0.29) is 30.1 Å². The van der Waals surface area contributed by atoms with Crippen LogP contribution in [0, 0.1) is 11.8 Å². The molecule has 0 bridgehead atoms. The second-order valence-electron chi connectivity index (χ2n) is 7.95. The number of hydrogen-bond donors (Lipinski definition) is 2. The Balaban J connectivity index is 1.95. The van der Waals surface area contributed by atoms with Crippen molar-refractivity contribution < 1.29 is 19.1 Å². The highest BCUT2D eigenvalue weighted by molar-refractivity contribution is 5.89. The molecule has 2 unspecified atom stereocenters. The maximum atomic E-state index is 12.7. The van der Waals surface area contributed by atoms with Gasteiger partial charge in [0.2, 0.25) is 11.8 Å². The monoisotopic (exact) mass is 391 g/mol. The van der Waals surface area contributed by atoms with Crippen LogP contribution in [0.3, 0.4) is 0 Å². The lowest BCUT2D eigenvalue weighted by Gasteiger charge is -2.34. The molecule has 1 saturated heterocycles. The van der Waals surface area contributed by atoms with Gasteiger partial charge in [0.05, 0.1) is 25.7 Å². The lowest BCUT2D eigenvalue weighted by Crippen LogP contribution is -2.56. The van der Waals surface area contributed by atoms with E-state index in [1.165, 1.54) is 0 Å². The van der Waals surface area contributed by atoms with Crippen molar-refractivity contribution >= 4 is 11.8 Å². The topological polar surface area (TPSA) is 93.9 Å². The van der Waals surface area contributed by atoms with Crippen molar-refractivity contribution in [3.63, 3.8) is 0 Å². The highest BCUT2D eigenvalue weighted by atomic mass is 16.5. The lowest BCUT2D eigenvalue weighted by molar-refractivity contribution is -0.129. The molecule has 1 fully saturated rings. The average molecular weight is 392 g/mol. The summed E-state index contributed by atoms with van der Waals surface area (Å²) in [6, 6.07) is 5.73. The Kier molecular flexibility index (Phi) is 7.29. The van der Waals surface area contributed by atoms with Crippen LogP contribution >= 0.6 is 0 Å². The van der Waals surface area contributed by atoms with E-state index in [1.54, 1.807) is 19.1 Å². The molecule has 2 rings (SSSR count). The minimum atomic E-state index is -0.465. The normalized spacial score (nSPS) is 18.9. The molecule has 2 atom stereocenters. The van der Waals surface area contributed by atoms with E-state index < -0.39 is 5.54 Å². The number of likely N-dealkylation sites (tertiary alicyclic amines) is 1. The molecule has 0 spiro atoms. The summed E-state index contributed by atoms with van der Waals surface area (Å²) in [5, 5.41) is 3.05. The number of nitrogens with zero attached hydrogens (tertiary/aromatic N) is 1. The number of nitrogens with two attached hydrogens (primary N) is 1. The van der Waals surface area contributed by atoms with Gasteiger partial charge in [0.15, 0.2) is 11.5 Å². The Morgan fingerprint density at radius 1 is 1.32 bits per heavy atom. The van der Waals surface area contributed by atoms with Crippen molar-refractivity contribution in [2.24, 2.45) is 17.6 Å². The molecule has 0 aliphatic carbocycles. The number of ether oxygens (including phenoxy) is 2. The van der Waals surface area contributed by atoms with Crippen LogP contribution in [0.25, 0.3) is 0 Å². The van der Waals surface area contributed by atoms with Gasteiger partial charge in [0, 0.05) is 26.1 Å². The van der Waals surface area contributed by atoms with Gasteiger partial charge in [-0.3, -0.25) is 9.59 Å². The van der Waals surface area contributed by atoms with Crippen LogP contribution in [0.5, 0.6) is 11.5 Å². The highest BCUT2D eigenvalue weighted by Gasteiger charge is 2.37. The van der Waals surface area contributed by atoms with Crippen molar-refractivity contribution in [1.29, 1.82) is 0 Å². The predicted octanol–water partition coefficient (Wildman–Crippen LogP) is 1.58. The smallest absolute Gasteiger partial charge is 0.225 e. The number of benzene rings is 1. The molecule has 1 aromatic rings. The molecule has 0 aromatic heterocycles. The zero-order chi connectivity index (χ0) is 20.9. The first-order valence-corrected chi connectivity index (χ1v) is 9.74. The predicted molar refractivity (Wildman–Crippen MR) is 108 cm³/mol. The highest BCUT2D eigenvalue weighted by Crippen LogP contribution is 2.28. The maximum Gasteiger partial charge on any atom is 0.225 e. The maximum absolute atomic E-state index is 12.7. The van der Waals surface area contributed by atoms with Gasteiger partial charge in [-0.05, 0) is 37.0 Å². The molecular formula is C21H33N3O4. The Morgan fingerprint density at radius 2 is 2.00 bits per heavy atom. The van der Waals surface area contributed by atoms with E-state index in [0.717, 1.165) is 5.56 Å². The van der Waals surface area contributed by atoms with E-state index in [0.29, 0.717) is 37.6 Å². The molecule has 1 aliphatic heterocycles. The molecule has 28 heavy (non-hydrogen) atoms. The first-order chi connectivity index (χ1) is 13.2. The van der Waals surface area contributed by atoms with Crippen molar-refractivity contribution in [2.75, 3.05) is 33.9 Å². The van der Waals surface area contributed by atoms with Crippen LogP contribution in [-0.4, -0.2) is 56.1 Å². The summed E-state index contributed by atoms with van der Waals surface area (Å²) in [6.45, 7) is 7.37. The molecular weight excluding hydrogens is 358 g/mol.